The van der Waals surface area contributed by atoms with E-state index in [1.54, 1.807) is 7.05 Å². The summed E-state index contributed by atoms with van der Waals surface area (Å²) in [5, 5.41) is -0.208. The Balaban J connectivity index is 3.46. The van der Waals surface area contributed by atoms with Crippen molar-refractivity contribution < 1.29 is 9.18 Å². The quantitative estimate of drug-likeness (QED) is 0.599. The van der Waals surface area contributed by atoms with Crippen LogP contribution in [-0.2, 0) is 0 Å². The number of hydrogen-bond acceptors (Lipinski definition) is 2. The number of carbonyl (C=O) groups is 1. The van der Waals surface area contributed by atoms with Gasteiger partial charge in [0.2, 0.25) is 0 Å². The van der Waals surface area contributed by atoms with Crippen molar-refractivity contribution in [2.24, 2.45) is 0 Å². The van der Waals surface area contributed by atoms with Crippen molar-refractivity contribution in [1.29, 1.82) is 0 Å². The van der Waals surface area contributed by atoms with Gasteiger partial charge in [-0.25, -0.2) is 4.39 Å². The Morgan fingerprint density at radius 3 is 2.67 bits per heavy atom. The van der Waals surface area contributed by atoms with Gasteiger partial charge in [-0.05, 0) is 18.7 Å². The predicted molar refractivity (Wildman–Crippen MR) is 37.3 cm³/mol. The van der Waals surface area contributed by atoms with Crippen LogP contribution in [0.4, 0.5) is 9.18 Å². The van der Waals surface area contributed by atoms with Crippen molar-refractivity contribution in [3.8, 4) is 0 Å². The molecule has 0 fully saturated rings. The highest BCUT2D eigenvalue weighted by Crippen LogP contribution is 2.05. The zero-order valence-corrected chi connectivity index (χ0v) is 6.37. The molecule has 0 saturated heterocycles. The van der Waals surface area contributed by atoms with Gasteiger partial charge in [-0.1, -0.05) is 0 Å². The molecular weight excluding hydrogens is 141 g/mol. The topological polar surface area (TPSA) is 20.3 Å². The Kier molecular flexibility index (Phi) is 4.48. The van der Waals surface area contributed by atoms with E-state index in [2.05, 4.69) is 0 Å². The fourth-order valence-corrected chi connectivity index (χ4v) is 0.729. The highest BCUT2D eigenvalue weighted by molar-refractivity contribution is 8.13. The second-order valence-corrected chi connectivity index (χ2v) is 2.39. The van der Waals surface area contributed by atoms with Crippen molar-refractivity contribution in [3.63, 3.8) is 0 Å². The second-order valence-electron chi connectivity index (χ2n) is 1.53. The van der Waals surface area contributed by atoms with Crippen LogP contribution in [0.25, 0.3) is 0 Å². The molecule has 0 aromatic carbocycles. The SMILES string of the molecule is CCN(C)C(=O)SCF. The zero-order chi connectivity index (χ0) is 7.28. The third kappa shape index (κ3) is 3.35. The first-order chi connectivity index (χ1) is 4.22. The predicted octanol–water partition coefficient (Wildman–Crippen LogP) is 1.72. The van der Waals surface area contributed by atoms with Crippen LogP contribution in [0.15, 0.2) is 0 Å². The third-order valence-corrected chi connectivity index (χ3v) is 1.63. The number of carbonyl (C=O) groups excluding carboxylic acids is 1. The van der Waals surface area contributed by atoms with Gasteiger partial charge in [0.1, 0.15) is 6.01 Å². The molecule has 0 N–H and O–H groups in total. The molecule has 0 aliphatic carbocycles. The average molecular weight is 151 g/mol. The minimum atomic E-state index is -0.636. The van der Waals surface area contributed by atoms with Gasteiger partial charge in [0, 0.05) is 13.6 Å². The van der Waals surface area contributed by atoms with Gasteiger partial charge in [0.25, 0.3) is 5.24 Å². The van der Waals surface area contributed by atoms with E-state index in [0.29, 0.717) is 18.3 Å². The molecule has 0 aromatic rings. The molecule has 0 aliphatic rings. The van der Waals surface area contributed by atoms with E-state index in [4.69, 9.17) is 0 Å². The standard InChI is InChI=1S/C5H10FNOS/c1-3-7(2)5(8)9-4-6/h3-4H2,1-2H3. The van der Waals surface area contributed by atoms with E-state index in [1.165, 1.54) is 4.90 Å². The van der Waals surface area contributed by atoms with Crippen LogP contribution >= 0.6 is 11.8 Å². The Bertz CT molecular complexity index is 99.0. The summed E-state index contributed by atoms with van der Waals surface area (Å²) in [6.07, 6.45) is 0. The van der Waals surface area contributed by atoms with Crippen molar-refractivity contribution in [3.05, 3.63) is 0 Å². The van der Waals surface area contributed by atoms with Crippen molar-refractivity contribution in [1.82, 2.24) is 4.90 Å². The van der Waals surface area contributed by atoms with Crippen LogP contribution in [0, 0.1) is 0 Å². The third-order valence-electron chi connectivity index (χ3n) is 0.964. The first-order valence-electron chi connectivity index (χ1n) is 2.66. The summed E-state index contributed by atoms with van der Waals surface area (Å²) in [6.45, 7) is 2.47. The monoisotopic (exact) mass is 151 g/mol. The van der Waals surface area contributed by atoms with Crippen LogP contribution in [0.5, 0.6) is 0 Å². The molecule has 54 valence electrons. The van der Waals surface area contributed by atoms with Crippen LogP contribution in [-0.4, -0.2) is 29.7 Å². The molecule has 1 amide bonds. The molecule has 0 spiro atoms. The highest BCUT2D eigenvalue weighted by atomic mass is 32.2. The molecule has 0 unspecified atom stereocenters. The van der Waals surface area contributed by atoms with Crippen LogP contribution in [0.3, 0.4) is 0 Å². The summed E-state index contributed by atoms with van der Waals surface area (Å²) in [6, 6.07) is -0.636. The van der Waals surface area contributed by atoms with Gasteiger partial charge in [-0.3, -0.25) is 4.79 Å². The molecule has 9 heavy (non-hydrogen) atoms. The molecule has 0 aliphatic heterocycles. The molecule has 0 rings (SSSR count). The number of amides is 1. The van der Waals surface area contributed by atoms with Crippen LogP contribution < -0.4 is 0 Å². The summed E-state index contributed by atoms with van der Waals surface area (Å²) in [5.41, 5.74) is 0. The average Bonchev–Trinajstić information content (AvgIpc) is 1.87. The van der Waals surface area contributed by atoms with E-state index in [-0.39, 0.29) is 5.24 Å². The first kappa shape index (κ1) is 8.75. The van der Waals surface area contributed by atoms with Crippen molar-refractivity contribution >= 4 is 17.0 Å². The second kappa shape index (κ2) is 4.61. The molecule has 0 saturated carbocycles. The van der Waals surface area contributed by atoms with E-state index in [0.717, 1.165) is 0 Å². The number of hydrogen-bond donors (Lipinski definition) is 0. The lowest BCUT2D eigenvalue weighted by molar-refractivity contribution is 0.235. The summed E-state index contributed by atoms with van der Waals surface area (Å²) < 4.78 is 11.5. The molecule has 0 radical (unpaired) electrons. The lowest BCUT2D eigenvalue weighted by Gasteiger charge is -2.11. The summed E-state index contributed by atoms with van der Waals surface area (Å²) in [7, 11) is 1.64. The normalized spacial score (nSPS) is 9.22. The van der Waals surface area contributed by atoms with Crippen LogP contribution in [0.1, 0.15) is 6.92 Å². The number of halogens is 1. The van der Waals surface area contributed by atoms with E-state index >= 15 is 0 Å². The van der Waals surface area contributed by atoms with Gasteiger partial charge >= 0.3 is 0 Å². The van der Waals surface area contributed by atoms with Gasteiger partial charge in [0.15, 0.2) is 0 Å². The lowest BCUT2D eigenvalue weighted by atomic mass is 10.7. The maximum Gasteiger partial charge on any atom is 0.283 e. The van der Waals surface area contributed by atoms with Crippen LogP contribution in [0.2, 0.25) is 0 Å². The Morgan fingerprint density at radius 1 is 1.78 bits per heavy atom. The molecule has 0 atom stereocenters. The van der Waals surface area contributed by atoms with Gasteiger partial charge in [-0.15, -0.1) is 0 Å². The number of alkyl halides is 1. The summed E-state index contributed by atoms with van der Waals surface area (Å²) in [4.78, 5) is 12.1. The Labute approximate surface area is 58.4 Å². The smallest absolute Gasteiger partial charge is 0.283 e. The van der Waals surface area contributed by atoms with Gasteiger partial charge < -0.3 is 4.90 Å². The zero-order valence-electron chi connectivity index (χ0n) is 5.56. The van der Waals surface area contributed by atoms with E-state index in [9.17, 15) is 9.18 Å². The molecule has 4 heteroatoms. The first-order valence-corrected chi connectivity index (χ1v) is 3.64. The van der Waals surface area contributed by atoms with Crippen molar-refractivity contribution in [2.75, 3.05) is 19.6 Å². The molecule has 0 aromatic heterocycles. The maximum absolute atomic E-state index is 11.5. The molecule has 2 nitrogen and oxygen atoms in total. The number of thioether (sulfide) groups is 1. The van der Waals surface area contributed by atoms with E-state index < -0.39 is 6.01 Å². The number of nitrogens with zero attached hydrogens (tertiary/aromatic N) is 1. The molecule has 0 heterocycles. The fraction of sp³-hybridized carbons (Fsp3) is 0.800. The van der Waals surface area contributed by atoms with Gasteiger partial charge in [0.05, 0.1) is 0 Å². The summed E-state index contributed by atoms with van der Waals surface area (Å²) in [5.74, 6) is 0. The van der Waals surface area contributed by atoms with E-state index in [1.807, 2.05) is 6.92 Å². The summed E-state index contributed by atoms with van der Waals surface area (Å²) >= 11 is 0.684. The minimum Gasteiger partial charge on any atom is -0.337 e. The van der Waals surface area contributed by atoms with Gasteiger partial charge in [-0.2, -0.15) is 0 Å². The van der Waals surface area contributed by atoms with Crippen molar-refractivity contribution in [2.45, 2.75) is 6.92 Å². The molecule has 0 bridgehead atoms. The largest absolute Gasteiger partial charge is 0.337 e. The lowest BCUT2D eigenvalue weighted by Crippen LogP contribution is -2.21. The number of rotatable bonds is 2. The highest BCUT2D eigenvalue weighted by Gasteiger charge is 2.04. The Morgan fingerprint density at radius 2 is 2.33 bits per heavy atom. The Hall–Kier alpha value is -0.250. The minimum absolute atomic E-state index is 0.208. The molecular formula is C5H10FNOS. The maximum atomic E-state index is 11.5. The fourth-order valence-electron chi connectivity index (χ4n) is 0.286.